The van der Waals surface area contributed by atoms with Gasteiger partial charge in [-0.05, 0) is 49.4 Å². The van der Waals surface area contributed by atoms with Gasteiger partial charge in [0.1, 0.15) is 24.0 Å². The van der Waals surface area contributed by atoms with Crippen molar-refractivity contribution in [3.05, 3.63) is 79.0 Å². The second-order valence-corrected chi connectivity index (χ2v) is 7.42. The van der Waals surface area contributed by atoms with Gasteiger partial charge in [0.2, 0.25) is 11.8 Å². The third-order valence-electron chi connectivity index (χ3n) is 4.97. The van der Waals surface area contributed by atoms with E-state index in [2.05, 4.69) is 15.4 Å². The Labute approximate surface area is 185 Å². The van der Waals surface area contributed by atoms with Gasteiger partial charge in [0.25, 0.3) is 0 Å². The number of amides is 2. The number of likely N-dealkylation sites (N-methyl/N-ethyl adjacent to an activating group) is 1. The van der Waals surface area contributed by atoms with Crippen LogP contribution in [0.3, 0.4) is 0 Å². The van der Waals surface area contributed by atoms with Crippen LogP contribution >= 0.6 is 0 Å². The Morgan fingerprint density at radius 2 is 1.94 bits per heavy atom. The molecule has 0 bridgehead atoms. The molecule has 9 nitrogen and oxygen atoms in total. The van der Waals surface area contributed by atoms with Crippen LogP contribution in [0, 0.1) is 0 Å². The summed E-state index contributed by atoms with van der Waals surface area (Å²) in [5.74, 6) is 0.187. The zero-order chi connectivity index (χ0) is 22.5. The minimum atomic E-state index is -0.479. The quantitative estimate of drug-likeness (QED) is 0.462. The van der Waals surface area contributed by atoms with Crippen LogP contribution in [-0.2, 0) is 16.2 Å². The molecule has 0 radical (unpaired) electrons. The van der Waals surface area contributed by atoms with E-state index in [9.17, 15) is 9.59 Å². The number of hydrogen-bond acceptors (Lipinski definition) is 5. The molecule has 0 saturated heterocycles. The van der Waals surface area contributed by atoms with E-state index in [1.165, 1.54) is 4.90 Å². The fourth-order valence-electron chi connectivity index (χ4n) is 3.28. The molecular formula is C23H24N6O3. The first-order valence-electron chi connectivity index (χ1n) is 10.2. The summed E-state index contributed by atoms with van der Waals surface area (Å²) in [6.07, 6.45) is 7.19. The lowest BCUT2D eigenvalue weighted by atomic mass is 10.3. The normalized spacial score (nSPS) is 11.8. The number of ether oxygens (including phenoxy) is 1. The molecule has 0 aliphatic heterocycles. The molecule has 1 N–H and O–H groups in total. The monoisotopic (exact) mass is 432 g/mol. The number of carbonyl (C=O) groups is 2. The average Bonchev–Trinajstić information content (AvgIpc) is 3.47. The Bertz CT molecular complexity index is 1170. The molecule has 3 aromatic heterocycles. The first-order chi connectivity index (χ1) is 15.5. The molecule has 4 aromatic rings. The molecule has 3 heterocycles. The van der Waals surface area contributed by atoms with Gasteiger partial charge < -0.3 is 19.4 Å². The highest BCUT2D eigenvalue weighted by Crippen LogP contribution is 2.17. The second kappa shape index (κ2) is 9.34. The summed E-state index contributed by atoms with van der Waals surface area (Å²) in [5, 5.41) is 6.87. The molecule has 0 spiro atoms. The smallest absolute Gasteiger partial charge is 0.247 e. The van der Waals surface area contributed by atoms with Crippen LogP contribution in [0.2, 0.25) is 0 Å². The van der Waals surface area contributed by atoms with Crippen LogP contribution in [0.1, 0.15) is 18.7 Å². The molecule has 0 fully saturated rings. The predicted octanol–water partition coefficient (Wildman–Crippen LogP) is 2.77. The number of benzene rings is 1. The molecule has 1 unspecified atom stereocenters. The van der Waals surface area contributed by atoms with Crippen LogP contribution in [0.4, 0.5) is 5.69 Å². The largest absolute Gasteiger partial charge is 0.487 e. The maximum atomic E-state index is 12.5. The minimum Gasteiger partial charge on any atom is -0.487 e. The first kappa shape index (κ1) is 21.1. The van der Waals surface area contributed by atoms with Crippen molar-refractivity contribution < 1.29 is 14.3 Å². The lowest BCUT2D eigenvalue weighted by Crippen LogP contribution is -2.38. The highest BCUT2D eigenvalue weighted by atomic mass is 16.5. The van der Waals surface area contributed by atoms with Gasteiger partial charge in [0.15, 0.2) is 0 Å². The van der Waals surface area contributed by atoms with E-state index in [1.807, 2.05) is 35.0 Å². The molecule has 2 amide bonds. The van der Waals surface area contributed by atoms with Gasteiger partial charge in [-0.2, -0.15) is 5.10 Å². The molecule has 1 aromatic carbocycles. The van der Waals surface area contributed by atoms with E-state index in [0.717, 1.165) is 11.3 Å². The number of fused-ring (bicyclic) bond motifs is 1. The summed E-state index contributed by atoms with van der Waals surface area (Å²) >= 11 is 0. The van der Waals surface area contributed by atoms with E-state index in [-0.39, 0.29) is 18.4 Å². The maximum Gasteiger partial charge on any atom is 0.247 e. The molecular weight excluding hydrogens is 408 g/mol. The van der Waals surface area contributed by atoms with Crippen LogP contribution in [0.25, 0.3) is 5.65 Å². The maximum absolute atomic E-state index is 12.5. The van der Waals surface area contributed by atoms with E-state index in [0.29, 0.717) is 18.0 Å². The summed E-state index contributed by atoms with van der Waals surface area (Å²) in [6, 6.07) is 14.2. The number of carbonyl (C=O) groups excluding carboxylic acids is 2. The Morgan fingerprint density at radius 3 is 2.66 bits per heavy atom. The number of imidazole rings is 1. The third-order valence-corrected chi connectivity index (χ3v) is 4.97. The highest BCUT2D eigenvalue weighted by molar-refractivity contribution is 5.94. The average molecular weight is 432 g/mol. The van der Waals surface area contributed by atoms with Crippen LogP contribution in [0.5, 0.6) is 5.75 Å². The molecule has 0 saturated carbocycles. The SMILES string of the molecule is CC(C(=O)N(C)CC(=O)Nc1ccc(OCc2cn3ccccc3n2)cc1)n1cccn1. The molecule has 32 heavy (non-hydrogen) atoms. The third kappa shape index (κ3) is 4.94. The zero-order valence-corrected chi connectivity index (χ0v) is 17.9. The second-order valence-electron chi connectivity index (χ2n) is 7.42. The predicted molar refractivity (Wildman–Crippen MR) is 119 cm³/mol. The Morgan fingerprint density at radius 1 is 1.12 bits per heavy atom. The Balaban J connectivity index is 1.27. The Hall–Kier alpha value is -4.14. The van der Waals surface area contributed by atoms with Gasteiger partial charge in [-0.3, -0.25) is 14.3 Å². The lowest BCUT2D eigenvalue weighted by molar-refractivity contribution is -0.136. The molecule has 164 valence electrons. The van der Waals surface area contributed by atoms with Crippen LogP contribution in [-0.4, -0.2) is 49.5 Å². The fraction of sp³-hybridized carbons (Fsp3) is 0.217. The van der Waals surface area contributed by atoms with Gasteiger partial charge in [-0.1, -0.05) is 6.07 Å². The van der Waals surface area contributed by atoms with Crippen molar-refractivity contribution in [3.63, 3.8) is 0 Å². The van der Waals surface area contributed by atoms with Crippen molar-refractivity contribution in [2.24, 2.45) is 0 Å². The molecule has 4 rings (SSSR count). The van der Waals surface area contributed by atoms with Crippen molar-refractivity contribution in [3.8, 4) is 5.75 Å². The first-order valence-corrected chi connectivity index (χ1v) is 10.2. The van der Waals surface area contributed by atoms with Gasteiger partial charge in [-0.25, -0.2) is 4.98 Å². The lowest BCUT2D eigenvalue weighted by Gasteiger charge is -2.21. The summed E-state index contributed by atoms with van der Waals surface area (Å²) in [7, 11) is 1.60. The molecule has 0 aliphatic carbocycles. The van der Waals surface area contributed by atoms with Crippen molar-refractivity contribution in [1.82, 2.24) is 24.1 Å². The number of rotatable bonds is 8. The van der Waals surface area contributed by atoms with Gasteiger partial charge in [0.05, 0.1) is 12.2 Å². The number of nitrogens with zero attached hydrogens (tertiary/aromatic N) is 5. The summed E-state index contributed by atoms with van der Waals surface area (Å²) in [5.41, 5.74) is 2.31. The summed E-state index contributed by atoms with van der Waals surface area (Å²) in [4.78, 5) is 30.7. The number of aromatic nitrogens is 4. The van der Waals surface area contributed by atoms with Gasteiger partial charge >= 0.3 is 0 Å². The van der Waals surface area contributed by atoms with Crippen molar-refractivity contribution in [2.45, 2.75) is 19.6 Å². The van der Waals surface area contributed by atoms with Crippen molar-refractivity contribution in [1.29, 1.82) is 0 Å². The summed E-state index contributed by atoms with van der Waals surface area (Å²) in [6.45, 7) is 2.03. The number of hydrogen-bond donors (Lipinski definition) is 1. The molecule has 9 heteroatoms. The van der Waals surface area contributed by atoms with E-state index < -0.39 is 6.04 Å². The van der Waals surface area contributed by atoms with Crippen molar-refractivity contribution >= 4 is 23.1 Å². The topological polar surface area (TPSA) is 93.8 Å². The minimum absolute atomic E-state index is 0.0590. The number of nitrogens with one attached hydrogen (secondary N) is 1. The van der Waals surface area contributed by atoms with Crippen LogP contribution < -0.4 is 10.1 Å². The number of pyridine rings is 1. The summed E-state index contributed by atoms with van der Waals surface area (Å²) < 4.78 is 9.29. The van der Waals surface area contributed by atoms with Gasteiger partial charge in [-0.15, -0.1) is 0 Å². The van der Waals surface area contributed by atoms with Crippen LogP contribution in [0.15, 0.2) is 73.3 Å². The van der Waals surface area contributed by atoms with Gasteiger partial charge in [0, 0.05) is 37.5 Å². The van der Waals surface area contributed by atoms with E-state index >= 15 is 0 Å². The highest BCUT2D eigenvalue weighted by Gasteiger charge is 2.21. The van der Waals surface area contributed by atoms with Crippen molar-refractivity contribution in [2.75, 3.05) is 18.9 Å². The van der Waals surface area contributed by atoms with E-state index in [1.54, 1.807) is 61.4 Å². The van der Waals surface area contributed by atoms with E-state index in [4.69, 9.17) is 4.74 Å². The Kier molecular flexibility index (Phi) is 6.16. The zero-order valence-electron chi connectivity index (χ0n) is 17.9. The number of anilines is 1. The molecule has 1 atom stereocenters. The fourth-order valence-corrected chi connectivity index (χ4v) is 3.28. The standard InChI is InChI=1S/C23H24N6O3/c1-17(29-13-5-11-24-29)23(31)27(2)15-22(30)26-18-7-9-20(10-8-18)32-16-19-14-28-12-4-3-6-21(28)25-19/h3-14,17H,15-16H2,1-2H3,(H,26,30). The molecule has 0 aliphatic rings.